The summed E-state index contributed by atoms with van der Waals surface area (Å²) in [5.74, 6) is -1.12. The lowest BCUT2D eigenvalue weighted by Crippen LogP contribution is -2.00. The molecule has 0 nitrogen and oxygen atoms in total. The average Bonchev–Trinajstić information content (AvgIpc) is 2.47. The van der Waals surface area contributed by atoms with Crippen molar-refractivity contribution in [2.45, 2.75) is 32.1 Å². The minimum Gasteiger partial charge on any atom is -0.0652 e. The summed E-state index contributed by atoms with van der Waals surface area (Å²) in [5.41, 5.74) is 2.93. The summed E-state index contributed by atoms with van der Waals surface area (Å²) in [6.45, 7) is 2.28. The van der Waals surface area contributed by atoms with Gasteiger partial charge in [-0.2, -0.15) is 0 Å². The predicted octanol–water partition coefficient (Wildman–Crippen LogP) is 6.51. The van der Waals surface area contributed by atoms with Crippen molar-refractivity contribution in [3.63, 3.8) is 0 Å². The number of hydrogen-bond acceptors (Lipinski definition) is 0. The maximum Gasteiger partial charge on any atom is 0.139 e. The van der Waals surface area contributed by atoms with Gasteiger partial charge in [-0.1, -0.05) is 74.0 Å². The van der Waals surface area contributed by atoms with E-state index in [4.69, 9.17) is 0 Å². The molecule has 0 amide bonds. The van der Waals surface area contributed by atoms with E-state index in [0.717, 1.165) is 0 Å². The van der Waals surface area contributed by atoms with Gasteiger partial charge >= 0.3 is 0 Å². The van der Waals surface area contributed by atoms with Crippen molar-refractivity contribution in [2.24, 2.45) is 0 Å². The van der Waals surface area contributed by atoms with Gasteiger partial charge in [0.25, 0.3) is 0 Å². The van der Waals surface area contributed by atoms with E-state index in [-0.39, 0.29) is 0 Å². The summed E-state index contributed by atoms with van der Waals surface area (Å²) >= 11 is 4.17. The van der Waals surface area contributed by atoms with Gasteiger partial charge in [-0.3, -0.25) is 0 Å². The average molecular weight is 350 g/mol. The van der Waals surface area contributed by atoms with E-state index in [1.54, 1.807) is 0 Å². The van der Waals surface area contributed by atoms with Gasteiger partial charge in [0.1, 0.15) is 15.5 Å². The molecule has 0 fully saturated rings. The minimum atomic E-state index is -1.12. The normalized spacial score (nSPS) is 11.5. The Kier molecular flexibility index (Phi) is 6.26. The van der Waals surface area contributed by atoms with Crippen molar-refractivity contribution >= 4 is 21.5 Å². The second kappa shape index (κ2) is 7.96. The molecule has 0 spiro atoms. The quantitative estimate of drug-likeness (QED) is 0.499. The number of rotatable bonds is 7. The molecule has 0 atom stereocenters. The Morgan fingerprint density at radius 2 is 1.25 bits per heavy atom. The number of halogens is 1. The van der Waals surface area contributed by atoms with E-state index in [2.05, 4.69) is 83.1 Å². The van der Waals surface area contributed by atoms with Crippen LogP contribution in [0.3, 0.4) is 0 Å². The molecule has 2 rings (SSSR count). The molecule has 2 aromatic rings. The van der Waals surface area contributed by atoms with E-state index in [9.17, 15) is 0 Å². The molecule has 0 saturated carbocycles. The molecule has 0 aliphatic rings. The molecular weight excluding hydrogens is 327 g/mol. The molecule has 106 valence electrons. The number of unbranched alkanes of at least 4 members (excludes halogenated alkanes) is 1. The Morgan fingerprint density at radius 3 is 1.65 bits per heavy atom. The Bertz CT molecular complexity index is 454. The molecular formula is C18H23BrP+. The van der Waals surface area contributed by atoms with Crippen molar-refractivity contribution in [3.05, 3.63) is 71.8 Å². The minimum absolute atomic E-state index is 1.12. The number of hydrogen-bond donors (Lipinski definition) is 0. The lowest BCUT2D eigenvalue weighted by Gasteiger charge is -2.20. The van der Waals surface area contributed by atoms with E-state index >= 15 is 0 Å². The topological polar surface area (TPSA) is 0 Å². The third kappa shape index (κ3) is 5.04. The van der Waals surface area contributed by atoms with Crippen LogP contribution >= 0.6 is 21.5 Å². The summed E-state index contributed by atoms with van der Waals surface area (Å²) in [5, 5.41) is 0. The van der Waals surface area contributed by atoms with Crippen molar-refractivity contribution in [2.75, 3.05) is 6.16 Å². The Morgan fingerprint density at radius 1 is 0.800 bits per heavy atom. The zero-order valence-corrected chi connectivity index (χ0v) is 14.6. The molecule has 2 aromatic carbocycles. The Balaban J connectivity index is 2.12. The zero-order valence-electron chi connectivity index (χ0n) is 12.1. The second-order valence-electron chi connectivity index (χ2n) is 5.39. The molecule has 0 heterocycles. The van der Waals surface area contributed by atoms with Crippen LogP contribution in [-0.2, 0) is 12.3 Å². The Labute approximate surface area is 131 Å². The van der Waals surface area contributed by atoms with E-state index in [1.165, 1.54) is 42.5 Å². The van der Waals surface area contributed by atoms with Gasteiger partial charge in [0.05, 0.1) is 24.5 Å². The van der Waals surface area contributed by atoms with Crippen LogP contribution in [0.15, 0.2) is 60.7 Å². The molecule has 20 heavy (non-hydrogen) atoms. The smallest absolute Gasteiger partial charge is 0.0652 e. The first-order valence-corrected chi connectivity index (χ1v) is 11.7. The summed E-state index contributed by atoms with van der Waals surface area (Å²) in [6.07, 6.45) is 6.31. The maximum atomic E-state index is 4.17. The van der Waals surface area contributed by atoms with Crippen LogP contribution in [0.5, 0.6) is 0 Å². The lowest BCUT2D eigenvalue weighted by atomic mass is 10.2. The predicted molar refractivity (Wildman–Crippen MR) is 95.9 cm³/mol. The van der Waals surface area contributed by atoms with Gasteiger partial charge in [0.2, 0.25) is 0 Å². The molecule has 0 N–H and O–H groups in total. The summed E-state index contributed by atoms with van der Waals surface area (Å²) < 4.78 is 0. The zero-order chi connectivity index (χ0) is 14.3. The molecule has 0 bridgehead atoms. The van der Waals surface area contributed by atoms with Gasteiger partial charge in [-0.15, -0.1) is 0 Å². The second-order valence-corrected chi connectivity index (χ2v) is 13.0. The summed E-state index contributed by atoms with van der Waals surface area (Å²) in [7, 11) is 0. The molecule has 0 aromatic heterocycles. The van der Waals surface area contributed by atoms with Gasteiger partial charge in [0.15, 0.2) is 0 Å². The molecule has 2 heteroatoms. The van der Waals surface area contributed by atoms with Gasteiger partial charge in [0, 0.05) is 0 Å². The molecule has 0 aliphatic heterocycles. The third-order valence-corrected chi connectivity index (χ3v) is 9.08. The fourth-order valence-electron chi connectivity index (χ4n) is 2.48. The van der Waals surface area contributed by atoms with Crippen LogP contribution in [0.2, 0.25) is 0 Å². The standard InChI is InChI=1S/C18H23BrP/c1-2-3-14-20(19,15-17-10-6-4-7-11-17)16-18-12-8-5-9-13-18/h4-13H,2-3,14-16H2,1H3/q+1. The monoisotopic (exact) mass is 349 g/mol. The molecule has 0 saturated heterocycles. The first kappa shape index (κ1) is 15.7. The third-order valence-electron chi connectivity index (χ3n) is 3.53. The van der Waals surface area contributed by atoms with Gasteiger partial charge in [-0.05, 0) is 17.5 Å². The highest BCUT2D eigenvalue weighted by molar-refractivity contribution is 9.42. The highest BCUT2D eigenvalue weighted by Crippen LogP contribution is 2.71. The molecule has 0 radical (unpaired) electrons. The summed E-state index contributed by atoms with van der Waals surface area (Å²) in [4.78, 5) is 0. The highest BCUT2D eigenvalue weighted by atomic mass is 79.9. The van der Waals surface area contributed by atoms with Crippen LogP contribution in [0.25, 0.3) is 0 Å². The van der Waals surface area contributed by atoms with Crippen LogP contribution in [0.4, 0.5) is 0 Å². The maximum absolute atomic E-state index is 4.17. The highest BCUT2D eigenvalue weighted by Gasteiger charge is 2.35. The first-order chi connectivity index (χ1) is 9.72. The Hall–Kier alpha value is -0.650. The SMILES string of the molecule is CCCC[P+](Br)(Cc1ccccc1)Cc1ccccc1. The van der Waals surface area contributed by atoms with Crippen molar-refractivity contribution < 1.29 is 0 Å². The van der Waals surface area contributed by atoms with Gasteiger partial charge in [-0.25, -0.2) is 0 Å². The van der Waals surface area contributed by atoms with Crippen LogP contribution < -0.4 is 0 Å². The fraction of sp³-hybridized carbons (Fsp3) is 0.333. The fourth-order valence-corrected chi connectivity index (χ4v) is 8.01. The van der Waals surface area contributed by atoms with E-state index in [0.29, 0.717) is 0 Å². The molecule has 0 aliphatic carbocycles. The van der Waals surface area contributed by atoms with Crippen LogP contribution in [-0.4, -0.2) is 6.16 Å². The first-order valence-electron chi connectivity index (χ1n) is 7.35. The van der Waals surface area contributed by atoms with Crippen molar-refractivity contribution in [1.29, 1.82) is 0 Å². The number of benzene rings is 2. The van der Waals surface area contributed by atoms with Crippen molar-refractivity contribution in [1.82, 2.24) is 0 Å². The lowest BCUT2D eigenvalue weighted by molar-refractivity contribution is 0.886. The summed E-state index contributed by atoms with van der Waals surface area (Å²) in [6, 6.07) is 21.8. The van der Waals surface area contributed by atoms with Crippen LogP contribution in [0.1, 0.15) is 30.9 Å². The molecule has 0 unspecified atom stereocenters. The van der Waals surface area contributed by atoms with Crippen molar-refractivity contribution in [3.8, 4) is 0 Å². The van der Waals surface area contributed by atoms with E-state index < -0.39 is 5.96 Å². The van der Waals surface area contributed by atoms with Crippen LogP contribution in [0, 0.1) is 0 Å². The largest absolute Gasteiger partial charge is 0.139 e. The van der Waals surface area contributed by atoms with E-state index in [1.807, 2.05) is 0 Å². The van der Waals surface area contributed by atoms with Gasteiger partial charge < -0.3 is 0 Å².